The molecule has 0 radical (unpaired) electrons. The molecule has 17 nitrogen and oxygen atoms in total. The Bertz CT molecular complexity index is 1310. The quantitative estimate of drug-likeness (QED) is 0.0899. The Morgan fingerprint density at radius 1 is 0.681 bits per heavy atom. The predicted molar refractivity (Wildman–Crippen MR) is 181 cm³/mol. The molecule has 0 unspecified atom stereocenters. The lowest BCUT2D eigenvalue weighted by atomic mass is 9.99. The van der Waals surface area contributed by atoms with Crippen molar-refractivity contribution in [3.05, 3.63) is 58.6 Å². The van der Waals surface area contributed by atoms with Crippen molar-refractivity contribution in [2.75, 3.05) is 23.7 Å². The van der Waals surface area contributed by atoms with Gasteiger partial charge >= 0.3 is 5.97 Å². The van der Waals surface area contributed by atoms with Crippen molar-refractivity contribution in [1.82, 2.24) is 0 Å². The molecular weight excluding hydrogens is 659 g/mol. The monoisotopic (exact) mass is 698 g/mol. The Morgan fingerprint density at radius 2 is 1.09 bits per heavy atom. The van der Waals surface area contributed by atoms with Crippen LogP contribution in [0.5, 0.6) is 0 Å². The number of aliphatic imine (C=N–C) groups is 4. The lowest BCUT2D eigenvalue weighted by Crippen LogP contribution is -2.59. The van der Waals surface area contributed by atoms with Crippen molar-refractivity contribution in [3.63, 3.8) is 0 Å². The summed E-state index contributed by atoms with van der Waals surface area (Å²) in [6, 6.07) is 14.1. The SMILES string of the molecule is NC(=NCCCCCCN=C(N)/N=C(\N)Nc1ccc(Cl)cc1)/N=C(\N)Nc1ccc(Cl)cc1.O=C(O)[C@H]1O[C@@H](O)[C@H](O)[C@@H](O)[C@@H]1O. The number of aliphatic carboxylic acids is 1. The highest BCUT2D eigenvalue weighted by Crippen LogP contribution is 2.19. The average molecular weight is 700 g/mol. The van der Waals surface area contributed by atoms with E-state index in [0.717, 1.165) is 37.1 Å². The maximum absolute atomic E-state index is 10.4. The number of guanidine groups is 4. The minimum atomic E-state index is -1.81. The number of hydrogen-bond acceptors (Lipinski definition) is 8. The summed E-state index contributed by atoms with van der Waals surface area (Å²) >= 11 is 11.7. The minimum Gasteiger partial charge on any atom is -0.479 e. The van der Waals surface area contributed by atoms with Gasteiger partial charge < -0.3 is 63.8 Å². The van der Waals surface area contributed by atoms with Crippen LogP contribution in [-0.2, 0) is 9.53 Å². The van der Waals surface area contributed by atoms with Crippen LogP contribution in [0, 0.1) is 0 Å². The standard InChI is InChI=1S/C22H30Cl2N10.C6H10O7/c23-15-5-9-17(10-6-15)31-21(27)33-19(25)29-13-3-1-2-4-14-30-20(26)34-22(28)32-18-11-7-16(24)8-12-18;7-1-2(8)4(5(10)11)13-6(12)3(1)9/h5-12H,1-4,13-14H2,(H5,25,27,29,31,33)(H5,26,28,30,32,34);1-4,6-9,12H,(H,10,11)/t;1-,2-,3+,4-,6+/m.0/s1. The summed E-state index contributed by atoms with van der Waals surface area (Å²) in [4.78, 5) is 26.8. The first-order valence-electron chi connectivity index (χ1n) is 14.2. The molecule has 15 N–H and O–H groups in total. The smallest absolute Gasteiger partial charge is 0.335 e. The normalized spacial score (nSPS) is 22.2. The molecule has 2 aromatic rings. The third-order valence-electron chi connectivity index (χ3n) is 6.15. The lowest BCUT2D eigenvalue weighted by Gasteiger charge is -2.36. The van der Waals surface area contributed by atoms with Gasteiger partial charge in [-0.3, -0.25) is 9.98 Å². The molecule has 47 heavy (non-hydrogen) atoms. The van der Waals surface area contributed by atoms with E-state index in [1.807, 2.05) is 0 Å². The molecule has 19 heteroatoms. The van der Waals surface area contributed by atoms with Gasteiger partial charge in [-0.15, -0.1) is 0 Å². The first-order valence-corrected chi connectivity index (χ1v) is 15.0. The number of halogens is 2. The van der Waals surface area contributed by atoms with E-state index >= 15 is 0 Å². The van der Waals surface area contributed by atoms with Crippen LogP contribution in [0.15, 0.2) is 68.5 Å². The van der Waals surface area contributed by atoms with E-state index in [1.165, 1.54) is 0 Å². The molecule has 1 aliphatic rings. The van der Waals surface area contributed by atoms with Crippen molar-refractivity contribution >= 4 is 64.4 Å². The number of unbranched alkanes of at least 4 members (excludes halogenated alkanes) is 3. The lowest BCUT2D eigenvalue weighted by molar-refractivity contribution is -0.279. The van der Waals surface area contributed by atoms with Crippen molar-refractivity contribution in [1.29, 1.82) is 0 Å². The highest BCUT2D eigenvalue weighted by molar-refractivity contribution is 6.31. The van der Waals surface area contributed by atoms with Crippen molar-refractivity contribution in [2.24, 2.45) is 42.9 Å². The molecule has 0 spiro atoms. The number of carbonyl (C=O) groups is 1. The van der Waals surface area contributed by atoms with Gasteiger partial charge in [0.2, 0.25) is 23.8 Å². The number of anilines is 2. The number of ether oxygens (including phenoxy) is 1. The molecule has 1 aliphatic heterocycles. The molecule has 1 heterocycles. The number of carboxylic acid groups (broad SMARTS) is 1. The van der Waals surface area contributed by atoms with Gasteiger partial charge in [-0.2, -0.15) is 9.98 Å². The second kappa shape index (κ2) is 20.1. The Hall–Kier alpha value is -4.23. The topological polar surface area (TPSA) is 305 Å². The fraction of sp³-hybridized carbons (Fsp3) is 0.393. The number of rotatable bonds is 10. The Kier molecular flexibility index (Phi) is 16.7. The second-order valence-electron chi connectivity index (χ2n) is 9.91. The van der Waals surface area contributed by atoms with E-state index in [2.05, 4.69) is 35.3 Å². The summed E-state index contributed by atoms with van der Waals surface area (Å²) in [5.41, 5.74) is 24.8. The maximum Gasteiger partial charge on any atom is 0.335 e. The summed E-state index contributed by atoms with van der Waals surface area (Å²) < 4.78 is 4.34. The van der Waals surface area contributed by atoms with Gasteiger partial charge in [0.1, 0.15) is 18.3 Å². The van der Waals surface area contributed by atoms with Crippen molar-refractivity contribution in [2.45, 2.75) is 56.4 Å². The van der Waals surface area contributed by atoms with Crippen LogP contribution in [0.2, 0.25) is 10.0 Å². The van der Waals surface area contributed by atoms with Crippen molar-refractivity contribution < 1.29 is 35.1 Å². The number of nitrogens with zero attached hydrogens (tertiary/aromatic N) is 4. The zero-order chi connectivity index (χ0) is 34.9. The summed E-state index contributed by atoms with van der Waals surface area (Å²) in [7, 11) is 0. The van der Waals surface area contributed by atoms with E-state index in [-0.39, 0.29) is 23.8 Å². The van der Waals surface area contributed by atoms with Crippen LogP contribution in [0.1, 0.15) is 25.7 Å². The van der Waals surface area contributed by atoms with Crippen LogP contribution in [0.4, 0.5) is 11.4 Å². The van der Waals surface area contributed by atoms with E-state index in [4.69, 9.17) is 71.7 Å². The van der Waals surface area contributed by atoms with Crippen LogP contribution >= 0.6 is 23.2 Å². The number of hydrogen-bond donors (Lipinski definition) is 11. The van der Waals surface area contributed by atoms with Crippen LogP contribution in [0.25, 0.3) is 0 Å². The first kappa shape index (κ1) is 39.0. The predicted octanol–water partition coefficient (Wildman–Crippen LogP) is 0.208. The number of carboxylic acids is 1. The fourth-order valence-electron chi connectivity index (χ4n) is 3.77. The van der Waals surface area contributed by atoms with Crippen molar-refractivity contribution in [3.8, 4) is 0 Å². The zero-order valence-corrected chi connectivity index (χ0v) is 26.7. The summed E-state index contributed by atoms with van der Waals surface area (Å²) in [6.07, 6.45) is -5.04. The summed E-state index contributed by atoms with van der Waals surface area (Å²) in [5.74, 6) is -0.952. The van der Waals surface area contributed by atoms with Gasteiger partial charge in [0.25, 0.3) is 0 Å². The Labute approximate surface area is 280 Å². The maximum atomic E-state index is 10.4. The number of nitrogens with two attached hydrogens (primary N) is 4. The van der Waals surface area contributed by atoms with Crippen LogP contribution in [-0.4, -0.2) is 99.1 Å². The van der Waals surface area contributed by atoms with E-state index in [9.17, 15) is 4.79 Å². The van der Waals surface area contributed by atoms with Crippen LogP contribution < -0.4 is 33.6 Å². The van der Waals surface area contributed by atoms with E-state index < -0.39 is 36.7 Å². The molecule has 2 aromatic carbocycles. The molecule has 1 fully saturated rings. The molecule has 0 aromatic heterocycles. The zero-order valence-electron chi connectivity index (χ0n) is 25.2. The third kappa shape index (κ3) is 14.8. The number of benzene rings is 2. The molecule has 5 atom stereocenters. The Morgan fingerprint density at radius 3 is 1.47 bits per heavy atom. The largest absolute Gasteiger partial charge is 0.479 e. The highest BCUT2D eigenvalue weighted by atomic mass is 35.5. The molecule has 258 valence electrons. The molecule has 3 rings (SSSR count). The molecular formula is C28H40Cl2N10O7. The van der Waals surface area contributed by atoms with Crippen LogP contribution in [0.3, 0.4) is 0 Å². The van der Waals surface area contributed by atoms with E-state index in [0.29, 0.717) is 23.1 Å². The molecule has 0 aliphatic carbocycles. The molecule has 0 saturated carbocycles. The number of aliphatic hydroxyl groups excluding tert-OH is 4. The summed E-state index contributed by atoms with van der Waals surface area (Å²) in [6.45, 7) is 1.12. The highest BCUT2D eigenvalue weighted by Gasteiger charge is 2.46. The van der Waals surface area contributed by atoms with Gasteiger partial charge in [-0.05, 0) is 61.4 Å². The number of aliphatic hydroxyl groups is 4. The minimum absolute atomic E-state index is 0.124. The first-order chi connectivity index (χ1) is 22.3. The van der Waals surface area contributed by atoms with Gasteiger partial charge in [-0.25, -0.2) is 4.79 Å². The third-order valence-corrected chi connectivity index (χ3v) is 6.65. The second-order valence-corrected chi connectivity index (χ2v) is 10.8. The molecule has 1 saturated heterocycles. The fourth-order valence-corrected chi connectivity index (χ4v) is 4.02. The van der Waals surface area contributed by atoms with Gasteiger partial charge in [-0.1, -0.05) is 36.0 Å². The average Bonchev–Trinajstić information content (AvgIpc) is 3.01. The number of nitrogens with one attached hydrogen (secondary N) is 2. The van der Waals surface area contributed by atoms with E-state index in [1.54, 1.807) is 48.5 Å². The van der Waals surface area contributed by atoms with Gasteiger partial charge in [0, 0.05) is 34.5 Å². The summed E-state index contributed by atoms with van der Waals surface area (Å²) in [5, 5.41) is 51.5. The molecule has 0 amide bonds. The van der Waals surface area contributed by atoms with Gasteiger partial charge in [0.15, 0.2) is 12.4 Å². The molecule has 0 bridgehead atoms. The van der Waals surface area contributed by atoms with Gasteiger partial charge in [0.05, 0.1) is 0 Å². The Balaban J connectivity index is 0.000000492.